The van der Waals surface area contributed by atoms with Gasteiger partial charge in [0.05, 0.1) is 29.4 Å². The summed E-state index contributed by atoms with van der Waals surface area (Å²) in [7, 11) is 0. The molecule has 0 aliphatic rings. The average Bonchev–Trinajstić information content (AvgIpc) is 2.89. The number of imidazole rings is 1. The van der Waals surface area contributed by atoms with Crippen LogP contribution in [0.1, 0.15) is 16.8 Å². The van der Waals surface area contributed by atoms with Gasteiger partial charge in [-0.15, -0.1) is 10.2 Å². The first kappa shape index (κ1) is 15.4. The van der Waals surface area contributed by atoms with Gasteiger partial charge in [0, 0.05) is 6.20 Å². The number of fused-ring (bicyclic) bond motifs is 1. The number of carboxylic acid groups (broad SMARTS) is 1. The van der Waals surface area contributed by atoms with Gasteiger partial charge in [-0.25, -0.2) is 4.98 Å². The summed E-state index contributed by atoms with van der Waals surface area (Å²) in [6.45, 7) is 1.92. The molecule has 0 aliphatic carbocycles. The normalized spacial score (nSPS) is 11.0. The third-order valence-electron chi connectivity index (χ3n) is 3.36. The van der Waals surface area contributed by atoms with Crippen molar-refractivity contribution in [1.29, 1.82) is 5.26 Å². The highest BCUT2D eigenvalue weighted by atomic mass is 16.4. The lowest BCUT2D eigenvalue weighted by atomic mass is 10.2. The molecule has 0 atom stereocenters. The SMILES string of the molecule is Cc1ccc2nc(CC(=O)O)c(N=Nc3cccc(C#N)c3)n2c1. The van der Waals surface area contributed by atoms with Crippen molar-refractivity contribution in [3.63, 3.8) is 0 Å². The molecule has 0 spiro atoms. The summed E-state index contributed by atoms with van der Waals surface area (Å²) in [6.07, 6.45) is 1.58. The molecule has 2 heterocycles. The maximum Gasteiger partial charge on any atom is 0.309 e. The number of carbonyl (C=O) groups is 1. The Morgan fingerprint density at radius 3 is 2.92 bits per heavy atom. The van der Waals surface area contributed by atoms with E-state index in [2.05, 4.69) is 15.2 Å². The largest absolute Gasteiger partial charge is 0.481 e. The van der Waals surface area contributed by atoms with Gasteiger partial charge < -0.3 is 5.11 Å². The molecule has 7 nitrogen and oxygen atoms in total. The number of hydrogen-bond acceptors (Lipinski definition) is 5. The summed E-state index contributed by atoms with van der Waals surface area (Å²) in [5.41, 5.74) is 2.93. The lowest BCUT2D eigenvalue weighted by Crippen LogP contribution is -2.00. The lowest BCUT2D eigenvalue weighted by Gasteiger charge is -1.99. The van der Waals surface area contributed by atoms with Gasteiger partial charge in [-0.2, -0.15) is 5.26 Å². The van der Waals surface area contributed by atoms with E-state index in [9.17, 15) is 4.79 Å². The standard InChI is InChI=1S/C17H13N5O2/c1-11-5-6-15-19-14(8-16(23)24)17(22(15)10-11)21-20-13-4-2-3-12(7-13)9-18/h2-7,10H,8H2,1H3,(H,23,24). The molecule has 0 saturated heterocycles. The maximum atomic E-state index is 11.1. The Balaban J connectivity index is 2.09. The van der Waals surface area contributed by atoms with Crippen LogP contribution in [0, 0.1) is 18.3 Å². The molecule has 1 aromatic carbocycles. The number of aliphatic carboxylic acids is 1. The molecule has 0 unspecified atom stereocenters. The summed E-state index contributed by atoms with van der Waals surface area (Å²) in [5, 5.41) is 26.3. The second-order valence-electron chi connectivity index (χ2n) is 5.25. The summed E-state index contributed by atoms with van der Waals surface area (Å²) < 4.78 is 1.71. The van der Waals surface area contributed by atoms with Crippen molar-refractivity contribution in [2.75, 3.05) is 0 Å². The average molecular weight is 319 g/mol. The van der Waals surface area contributed by atoms with Crippen molar-refractivity contribution < 1.29 is 9.90 Å². The van der Waals surface area contributed by atoms with Gasteiger partial charge >= 0.3 is 5.97 Å². The Hall–Kier alpha value is -3.53. The summed E-state index contributed by atoms with van der Waals surface area (Å²) in [4.78, 5) is 15.4. The van der Waals surface area contributed by atoms with Crippen LogP contribution in [0.2, 0.25) is 0 Å². The molecular formula is C17H13N5O2. The Kier molecular flexibility index (Phi) is 4.03. The predicted molar refractivity (Wildman–Crippen MR) is 86.6 cm³/mol. The molecule has 118 valence electrons. The van der Waals surface area contributed by atoms with Crippen LogP contribution in [0.4, 0.5) is 11.5 Å². The van der Waals surface area contributed by atoms with Crippen LogP contribution in [0.15, 0.2) is 52.8 Å². The number of hydrogen-bond donors (Lipinski definition) is 1. The molecule has 24 heavy (non-hydrogen) atoms. The minimum atomic E-state index is -0.988. The Morgan fingerprint density at radius 2 is 2.17 bits per heavy atom. The van der Waals surface area contributed by atoms with E-state index in [0.717, 1.165) is 5.56 Å². The smallest absolute Gasteiger partial charge is 0.309 e. The van der Waals surface area contributed by atoms with Crippen LogP contribution in [-0.4, -0.2) is 20.5 Å². The van der Waals surface area contributed by atoms with Crippen LogP contribution in [0.3, 0.4) is 0 Å². The first-order valence-corrected chi connectivity index (χ1v) is 7.18. The third-order valence-corrected chi connectivity index (χ3v) is 3.36. The first-order chi connectivity index (χ1) is 11.6. The third kappa shape index (κ3) is 3.13. The van der Waals surface area contributed by atoms with Crippen molar-refractivity contribution >= 4 is 23.1 Å². The number of nitrogens with zero attached hydrogens (tertiary/aromatic N) is 5. The fourth-order valence-electron chi connectivity index (χ4n) is 2.30. The topological polar surface area (TPSA) is 103 Å². The molecule has 2 aromatic heterocycles. The summed E-state index contributed by atoms with van der Waals surface area (Å²) in [6, 6.07) is 12.4. The van der Waals surface area contributed by atoms with Gasteiger partial charge in [-0.1, -0.05) is 12.1 Å². The number of azo groups is 1. The Bertz CT molecular complexity index is 998. The minimum absolute atomic E-state index is 0.243. The van der Waals surface area contributed by atoms with Crippen molar-refractivity contribution in [2.24, 2.45) is 10.2 Å². The van der Waals surface area contributed by atoms with Crippen molar-refractivity contribution in [1.82, 2.24) is 9.38 Å². The number of pyridine rings is 1. The molecule has 3 aromatic rings. The highest BCUT2D eigenvalue weighted by Gasteiger charge is 2.15. The zero-order valence-corrected chi connectivity index (χ0v) is 12.8. The predicted octanol–water partition coefficient (Wildman–Crippen LogP) is 3.56. The van der Waals surface area contributed by atoms with E-state index in [4.69, 9.17) is 10.4 Å². The monoisotopic (exact) mass is 319 g/mol. The maximum absolute atomic E-state index is 11.1. The van der Waals surface area contributed by atoms with Gasteiger partial charge in [0.25, 0.3) is 0 Å². The molecule has 0 radical (unpaired) electrons. The highest BCUT2D eigenvalue weighted by Crippen LogP contribution is 2.25. The van der Waals surface area contributed by atoms with Crippen molar-refractivity contribution in [2.45, 2.75) is 13.3 Å². The van der Waals surface area contributed by atoms with E-state index < -0.39 is 5.97 Å². The quantitative estimate of drug-likeness (QED) is 0.742. The zero-order valence-electron chi connectivity index (χ0n) is 12.8. The minimum Gasteiger partial charge on any atom is -0.481 e. The second-order valence-corrected chi connectivity index (χ2v) is 5.25. The molecule has 0 bridgehead atoms. The Morgan fingerprint density at radius 1 is 1.33 bits per heavy atom. The molecule has 0 aliphatic heterocycles. The van der Waals surface area contributed by atoms with Gasteiger partial charge in [-0.05, 0) is 36.8 Å². The number of carboxylic acids is 1. The van der Waals surface area contributed by atoms with Crippen LogP contribution >= 0.6 is 0 Å². The van der Waals surface area contributed by atoms with Crippen molar-refractivity contribution in [3.05, 3.63) is 59.4 Å². The van der Waals surface area contributed by atoms with Crippen LogP contribution < -0.4 is 0 Å². The van der Waals surface area contributed by atoms with E-state index in [1.807, 2.05) is 25.3 Å². The zero-order chi connectivity index (χ0) is 17.1. The second kappa shape index (κ2) is 6.30. The molecule has 0 amide bonds. The highest BCUT2D eigenvalue weighted by molar-refractivity contribution is 5.72. The fourth-order valence-corrected chi connectivity index (χ4v) is 2.30. The summed E-state index contributed by atoms with van der Waals surface area (Å²) in [5.74, 6) is -0.614. The van der Waals surface area contributed by atoms with Crippen molar-refractivity contribution in [3.8, 4) is 6.07 Å². The van der Waals surface area contributed by atoms with E-state index >= 15 is 0 Å². The number of aromatic nitrogens is 2. The molecule has 0 saturated carbocycles. The summed E-state index contributed by atoms with van der Waals surface area (Å²) >= 11 is 0. The number of nitriles is 1. The van der Waals surface area contributed by atoms with E-state index in [-0.39, 0.29) is 6.42 Å². The van der Waals surface area contributed by atoms with Crippen LogP contribution in [-0.2, 0) is 11.2 Å². The Labute approximate surface area is 137 Å². The van der Waals surface area contributed by atoms with E-state index in [0.29, 0.717) is 28.4 Å². The van der Waals surface area contributed by atoms with Crippen LogP contribution in [0.5, 0.6) is 0 Å². The van der Waals surface area contributed by atoms with Crippen LogP contribution in [0.25, 0.3) is 5.65 Å². The van der Waals surface area contributed by atoms with Gasteiger partial charge in [0.15, 0.2) is 5.82 Å². The number of benzene rings is 1. The molecule has 0 fully saturated rings. The van der Waals surface area contributed by atoms with Gasteiger partial charge in [0.1, 0.15) is 5.65 Å². The number of aryl methyl sites for hydroxylation is 1. The molecule has 1 N–H and O–H groups in total. The lowest BCUT2D eigenvalue weighted by molar-refractivity contribution is -0.136. The first-order valence-electron chi connectivity index (χ1n) is 7.18. The fraction of sp³-hybridized carbons (Fsp3) is 0.118. The molecular weight excluding hydrogens is 306 g/mol. The van der Waals surface area contributed by atoms with E-state index in [1.54, 1.807) is 34.7 Å². The number of rotatable bonds is 4. The molecule has 3 rings (SSSR count). The van der Waals surface area contributed by atoms with Gasteiger partial charge in [-0.3, -0.25) is 9.20 Å². The van der Waals surface area contributed by atoms with Gasteiger partial charge in [0.2, 0.25) is 0 Å². The van der Waals surface area contributed by atoms with E-state index in [1.165, 1.54) is 0 Å². The molecule has 7 heteroatoms.